The molecule has 0 radical (unpaired) electrons. The molecule has 10 rings (SSSR count). The highest BCUT2D eigenvalue weighted by Gasteiger charge is 2.22. The first-order valence-corrected chi connectivity index (χ1v) is 17.2. The molecule has 0 amide bonds. The van der Waals surface area contributed by atoms with Crippen LogP contribution in [0.15, 0.2) is 156 Å². The third-order valence-electron chi connectivity index (χ3n) is 8.97. The number of rotatable bonds is 5. The van der Waals surface area contributed by atoms with Gasteiger partial charge in [0.05, 0.1) is 0 Å². The molecule has 4 heterocycles. The maximum absolute atomic E-state index is 6.38. The van der Waals surface area contributed by atoms with Crippen LogP contribution in [0.3, 0.4) is 0 Å². The smallest absolute Gasteiger partial charge is 0.180 e. The summed E-state index contributed by atoms with van der Waals surface area (Å²) in [4.78, 5) is 25.4. The lowest BCUT2D eigenvalue weighted by Crippen LogP contribution is -2.00. The molecule has 4 aromatic heterocycles. The van der Waals surface area contributed by atoms with E-state index >= 15 is 0 Å². The number of fused-ring (bicyclic) bond motifs is 6. The van der Waals surface area contributed by atoms with Crippen molar-refractivity contribution in [2.75, 3.05) is 0 Å². The van der Waals surface area contributed by atoms with Crippen molar-refractivity contribution in [2.45, 2.75) is 0 Å². The van der Waals surface area contributed by atoms with Crippen LogP contribution in [0.2, 0.25) is 0 Å². The Bertz CT molecular complexity index is 2810. The summed E-state index contributed by atoms with van der Waals surface area (Å²) < 4.78 is 8.60. The Labute approximate surface area is 290 Å². The first kappa shape index (κ1) is 28.4. The first-order chi connectivity index (χ1) is 24.8. The predicted octanol–water partition coefficient (Wildman–Crippen LogP) is 11.3. The van der Waals surface area contributed by atoms with E-state index in [1.165, 1.54) is 0 Å². The number of aromatic nitrogens is 5. The van der Waals surface area contributed by atoms with Crippen molar-refractivity contribution in [3.8, 4) is 56.8 Å². The van der Waals surface area contributed by atoms with Gasteiger partial charge in [-0.1, -0.05) is 127 Å². The monoisotopic (exact) mass is 659 g/mol. The van der Waals surface area contributed by atoms with Crippen molar-refractivity contribution in [1.82, 2.24) is 24.9 Å². The molecule has 6 nitrogen and oxygen atoms in total. The minimum Gasteiger partial charge on any atom is -0.452 e. The van der Waals surface area contributed by atoms with Crippen molar-refractivity contribution in [3.05, 3.63) is 152 Å². The van der Waals surface area contributed by atoms with Gasteiger partial charge >= 0.3 is 0 Å². The van der Waals surface area contributed by atoms with Gasteiger partial charge in [0.1, 0.15) is 16.8 Å². The third-order valence-corrected chi connectivity index (χ3v) is 10.2. The maximum atomic E-state index is 6.38. The lowest BCUT2D eigenvalue weighted by molar-refractivity contribution is 0.667. The van der Waals surface area contributed by atoms with Gasteiger partial charge in [-0.25, -0.2) is 24.9 Å². The van der Waals surface area contributed by atoms with Gasteiger partial charge in [0.25, 0.3) is 0 Å². The van der Waals surface area contributed by atoms with Crippen LogP contribution in [0, 0.1) is 0 Å². The second-order valence-corrected chi connectivity index (χ2v) is 13.1. The van der Waals surface area contributed by atoms with E-state index in [0.717, 1.165) is 70.2 Å². The maximum Gasteiger partial charge on any atom is 0.180 e. The number of benzene rings is 6. The largest absolute Gasteiger partial charge is 0.452 e. The molecular weight excluding hydrogens is 635 g/mol. The molecule has 0 bridgehead atoms. The summed E-state index contributed by atoms with van der Waals surface area (Å²) in [5, 5.41) is 3.16. The minimum atomic E-state index is 0.630. The molecule has 50 heavy (non-hydrogen) atoms. The zero-order chi connectivity index (χ0) is 33.0. The van der Waals surface area contributed by atoms with E-state index in [1.54, 1.807) is 11.3 Å². The second kappa shape index (κ2) is 11.5. The van der Waals surface area contributed by atoms with Crippen LogP contribution in [-0.2, 0) is 0 Å². The highest BCUT2D eigenvalue weighted by molar-refractivity contribution is 7.26. The SMILES string of the molecule is c1ccc(-c2nc(-c3ccccc3)nc(-c3cccc4c3sc3cccc(-c5nc(-c6ccccc6)c6oc7ccccc7c6n5)c34)n2)cc1. The summed E-state index contributed by atoms with van der Waals surface area (Å²) in [6, 6.07) is 51.1. The van der Waals surface area contributed by atoms with Gasteiger partial charge in [-0.2, -0.15) is 0 Å². The minimum absolute atomic E-state index is 0.630. The van der Waals surface area contributed by atoms with Gasteiger partial charge in [0.2, 0.25) is 0 Å². The van der Waals surface area contributed by atoms with Crippen molar-refractivity contribution >= 4 is 53.6 Å². The Hall–Kier alpha value is -6.57. The van der Waals surface area contributed by atoms with Crippen molar-refractivity contribution < 1.29 is 4.42 Å². The van der Waals surface area contributed by atoms with Gasteiger partial charge in [-0.3, -0.25) is 0 Å². The molecule has 0 spiro atoms. The van der Waals surface area contributed by atoms with Crippen LogP contribution < -0.4 is 0 Å². The van der Waals surface area contributed by atoms with Crippen LogP contribution in [0.25, 0.3) is 99.1 Å². The molecule has 0 aliphatic rings. The van der Waals surface area contributed by atoms with E-state index in [2.05, 4.69) is 54.6 Å². The molecular formula is C43H25N5OS. The summed E-state index contributed by atoms with van der Waals surface area (Å²) in [6.45, 7) is 0. The van der Waals surface area contributed by atoms with E-state index in [4.69, 9.17) is 29.3 Å². The van der Waals surface area contributed by atoms with Gasteiger partial charge in [-0.15, -0.1) is 11.3 Å². The predicted molar refractivity (Wildman–Crippen MR) is 203 cm³/mol. The quantitative estimate of drug-likeness (QED) is 0.183. The van der Waals surface area contributed by atoms with Crippen LogP contribution >= 0.6 is 11.3 Å². The first-order valence-electron chi connectivity index (χ1n) is 16.3. The molecule has 10 aromatic rings. The van der Waals surface area contributed by atoms with Crippen LogP contribution in [0.1, 0.15) is 0 Å². The lowest BCUT2D eigenvalue weighted by Gasteiger charge is -2.09. The van der Waals surface area contributed by atoms with Crippen LogP contribution in [0.4, 0.5) is 0 Å². The number of hydrogen-bond acceptors (Lipinski definition) is 7. The molecule has 0 unspecified atom stereocenters. The highest BCUT2D eigenvalue weighted by atomic mass is 32.1. The lowest BCUT2D eigenvalue weighted by atomic mass is 10.0. The molecule has 0 aliphatic carbocycles. The average Bonchev–Trinajstić information content (AvgIpc) is 3.77. The molecule has 0 aliphatic heterocycles. The number of thiophene rings is 1. The van der Waals surface area contributed by atoms with Gasteiger partial charge in [0.15, 0.2) is 28.9 Å². The van der Waals surface area contributed by atoms with E-state index < -0.39 is 0 Å². The Morgan fingerprint density at radius 3 is 1.70 bits per heavy atom. The molecule has 0 saturated heterocycles. The van der Waals surface area contributed by atoms with Crippen molar-refractivity contribution in [3.63, 3.8) is 0 Å². The van der Waals surface area contributed by atoms with Gasteiger partial charge in [-0.05, 0) is 24.3 Å². The molecule has 0 atom stereocenters. The van der Waals surface area contributed by atoms with Crippen molar-refractivity contribution in [2.24, 2.45) is 0 Å². The molecule has 0 fully saturated rings. The van der Waals surface area contributed by atoms with Gasteiger partial charge < -0.3 is 4.42 Å². The standard InChI is InChI=1S/C43H25N5OS/c1-4-14-26(15-5-1)36-38-37(29-20-10-11-24-33(29)49-38)45-42(44-36)31-22-13-25-34-35(31)30-21-12-23-32(39(30)50-34)43-47-40(27-16-6-2-7-17-27)46-41(48-43)28-18-8-3-9-19-28/h1-25H. The normalized spacial score (nSPS) is 11.6. The zero-order valence-electron chi connectivity index (χ0n) is 26.5. The fourth-order valence-corrected chi connectivity index (χ4v) is 7.88. The Balaban J connectivity index is 1.21. The number of furan rings is 1. The second-order valence-electron chi connectivity index (χ2n) is 12.0. The summed E-state index contributed by atoms with van der Waals surface area (Å²) in [6.07, 6.45) is 0. The third kappa shape index (κ3) is 4.67. The highest BCUT2D eigenvalue weighted by Crippen LogP contribution is 2.44. The molecule has 7 heteroatoms. The van der Waals surface area contributed by atoms with E-state index in [0.29, 0.717) is 28.9 Å². The summed E-state index contributed by atoms with van der Waals surface area (Å²) in [5.74, 6) is 2.55. The Morgan fingerprint density at radius 2 is 0.980 bits per heavy atom. The Kier molecular flexibility index (Phi) is 6.57. The average molecular weight is 660 g/mol. The zero-order valence-corrected chi connectivity index (χ0v) is 27.3. The fraction of sp³-hybridized carbons (Fsp3) is 0. The number of nitrogens with zero attached hydrogens (tertiary/aromatic N) is 5. The fourth-order valence-electron chi connectivity index (χ4n) is 6.64. The van der Waals surface area contributed by atoms with E-state index in [9.17, 15) is 0 Å². The summed E-state index contributed by atoms with van der Waals surface area (Å²) >= 11 is 1.73. The molecule has 6 aromatic carbocycles. The summed E-state index contributed by atoms with van der Waals surface area (Å²) in [7, 11) is 0. The van der Waals surface area contributed by atoms with Crippen LogP contribution in [-0.4, -0.2) is 24.9 Å². The van der Waals surface area contributed by atoms with E-state index in [1.807, 2.05) is 97.1 Å². The van der Waals surface area contributed by atoms with Crippen LogP contribution in [0.5, 0.6) is 0 Å². The number of hydrogen-bond donors (Lipinski definition) is 0. The molecule has 0 N–H and O–H groups in total. The van der Waals surface area contributed by atoms with Crippen molar-refractivity contribution in [1.29, 1.82) is 0 Å². The topological polar surface area (TPSA) is 77.6 Å². The Morgan fingerprint density at radius 1 is 0.420 bits per heavy atom. The van der Waals surface area contributed by atoms with Gasteiger partial charge in [0, 0.05) is 53.4 Å². The molecule has 0 saturated carbocycles. The number of para-hydroxylation sites is 1. The summed E-state index contributed by atoms with van der Waals surface area (Å²) in [5.41, 5.74) is 7.80. The van der Waals surface area contributed by atoms with E-state index in [-0.39, 0.29) is 0 Å². The molecule has 234 valence electrons.